The van der Waals surface area contributed by atoms with E-state index < -0.39 is 6.04 Å². The molecule has 4 rings (SSSR count). The van der Waals surface area contributed by atoms with Crippen molar-refractivity contribution in [2.45, 2.75) is 19.5 Å². The minimum atomic E-state index is -0.393. The topological polar surface area (TPSA) is 81.8 Å². The molecule has 1 atom stereocenters. The molecule has 0 amide bonds. The first-order chi connectivity index (χ1) is 15.6. The third-order valence-corrected chi connectivity index (χ3v) is 6.17. The van der Waals surface area contributed by atoms with E-state index >= 15 is 0 Å². The molecule has 0 bridgehead atoms. The van der Waals surface area contributed by atoms with E-state index in [-0.39, 0.29) is 17.9 Å². The Morgan fingerprint density at radius 3 is 2.47 bits per heavy atom. The van der Waals surface area contributed by atoms with Gasteiger partial charge in [-0.15, -0.1) is 0 Å². The van der Waals surface area contributed by atoms with Crippen molar-refractivity contribution in [1.29, 1.82) is 0 Å². The lowest BCUT2D eigenvalue weighted by Gasteiger charge is -2.39. The highest BCUT2D eigenvalue weighted by Crippen LogP contribution is 2.33. The number of benzene rings is 1. The highest BCUT2D eigenvalue weighted by molar-refractivity contribution is 5.40. The van der Waals surface area contributed by atoms with Crippen molar-refractivity contribution in [3.8, 4) is 5.75 Å². The number of aromatic hydroxyl groups is 1. The van der Waals surface area contributed by atoms with E-state index in [1.54, 1.807) is 23.0 Å². The monoisotopic (exact) mass is 434 g/mol. The smallest absolute Gasteiger partial charge is 0.259 e. The minimum absolute atomic E-state index is 0.0171. The van der Waals surface area contributed by atoms with Gasteiger partial charge in [-0.05, 0) is 30.2 Å². The molecule has 0 spiro atoms. The second-order valence-corrected chi connectivity index (χ2v) is 8.25. The van der Waals surface area contributed by atoms with Gasteiger partial charge in [0, 0.05) is 50.8 Å². The maximum absolute atomic E-state index is 13.8. The molecule has 3 heterocycles. The molecule has 1 saturated heterocycles. The fraction of sp³-hybridized carbons (Fsp3) is 0.360. The number of nitrogens with zero attached hydrogens (tertiary/aromatic N) is 4. The Kier molecular flexibility index (Phi) is 6.99. The van der Waals surface area contributed by atoms with Gasteiger partial charge in [-0.1, -0.05) is 36.4 Å². The summed E-state index contributed by atoms with van der Waals surface area (Å²) < 4.78 is 1.73. The molecule has 0 saturated carbocycles. The molecule has 0 aliphatic carbocycles. The molecule has 1 aliphatic heterocycles. The normalized spacial score (nSPS) is 16.2. The van der Waals surface area contributed by atoms with E-state index in [0.717, 1.165) is 43.0 Å². The zero-order valence-electron chi connectivity index (χ0n) is 18.4. The zero-order valence-corrected chi connectivity index (χ0v) is 18.4. The first-order valence-corrected chi connectivity index (χ1v) is 11.0. The van der Waals surface area contributed by atoms with Crippen LogP contribution in [-0.4, -0.2) is 68.9 Å². The van der Waals surface area contributed by atoms with Crippen molar-refractivity contribution in [3.63, 3.8) is 0 Å². The fourth-order valence-corrected chi connectivity index (χ4v) is 4.47. The molecule has 1 fully saturated rings. The van der Waals surface area contributed by atoms with Crippen molar-refractivity contribution in [3.05, 3.63) is 93.7 Å². The van der Waals surface area contributed by atoms with Crippen LogP contribution in [0.5, 0.6) is 5.75 Å². The summed E-state index contributed by atoms with van der Waals surface area (Å²) in [7, 11) is 0. The summed E-state index contributed by atoms with van der Waals surface area (Å²) in [6.45, 7) is 6.11. The number of aryl methyl sites for hydroxylation is 1. The molecule has 32 heavy (non-hydrogen) atoms. The van der Waals surface area contributed by atoms with Crippen LogP contribution in [-0.2, 0) is 6.54 Å². The Balaban J connectivity index is 1.76. The summed E-state index contributed by atoms with van der Waals surface area (Å²) in [5.41, 5.74) is 2.83. The van der Waals surface area contributed by atoms with Gasteiger partial charge in [0.15, 0.2) is 0 Å². The molecule has 1 unspecified atom stereocenters. The van der Waals surface area contributed by atoms with Gasteiger partial charge in [0.05, 0.1) is 24.8 Å². The summed E-state index contributed by atoms with van der Waals surface area (Å²) in [5, 5.41) is 20.2. The van der Waals surface area contributed by atoms with Crippen LogP contribution in [0.1, 0.15) is 28.4 Å². The average molecular weight is 435 g/mol. The van der Waals surface area contributed by atoms with Gasteiger partial charge in [-0.2, -0.15) is 0 Å². The number of hydrogen-bond acceptors (Lipinski definition) is 6. The standard InChI is InChI=1S/C25H30N4O3/c1-19-16-22(31)23(25(32)29(19)18-20-6-3-2-4-7-20)24(21-8-5-9-26-17-21)28-12-10-27(11-13-28)14-15-30/h2-9,16-17,24,30-31H,10-15,18H2,1H3. The van der Waals surface area contributed by atoms with Crippen LogP contribution in [0.2, 0.25) is 0 Å². The second-order valence-electron chi connectivity index (χ2n) is 8.25. The van der Waals surface area contributed by atoms with E-state index in [0.29, 0.717) is 18.7 Å². The van der Waals surface area contributed by atoms with Crippen LogP contribution in [0, 0.1) is 6.92 Å². The Hall–Kier alpha value is -3.00. The first-order valence-electron chi connectivity index (χ1n) is 11.0. The summed E-state index contributed by atoms with van der Waals surface area (Å²) >= 11 is 0. The van der Waals surface area contributed by atoms with Crippen LogP contribution in [0.15, 0.2) is 65.7 Å². The molecule has 3 aromatic rings. The maximum atomic E-state index is 13.8. The maximum Gasteiger partial charge on any atom is 0.259 e. The van der Waals surface area contributed by atoms with E-state index in [2.05, 4.69) is 14.8 Å². The van der Waals surface area contributed by atoms with Gasteiger partial charge in [0.1, 0.15) is 5.75 Å². The lowest BCUT2D eigenvalue weighted by Crippen LogP contribution is -2.49. The minimum Gasteiger partial charge on any atom is -0.507 e. The van der Waals surface area contributed by atoms with E-state index in [1.165, 1.54) is 0 Å². The molecule has 7 heteroatoms. The van der Waals surface area contributed by atoms with E-state index in [1.807, 2.05) is 49.4 Å². The molecular formula is C25H30N4O3. The van der Waals surface area contributed by atoms with Crippen LogP contribution >= 0.6 is 0 Å². The Morgan fingerprint density at radius 1 is 1.06 bits per heavy atom. The summed E-state index contributed by atoms with van der Waals surface area (Å²) in [6.07, 6.45) is 3.48. The van der Waals surface area contributed by atoms with Crippen LogP contribution in [0.4, 0.5) is 0 Å². The number of hydrogen-bond donors (Lipinski definition) is 2. The third kappa shape index (κ3) is 4.75. The number of pyridine rings is 2. The number of β-amino-alcohol motifs (C(OH)–C–C–N with tert-alkyl or cyclic N) is 1. The zero-order chi connectivity index (χ0) is 22.5. The average Bonchev–Trinajstić information content (AvgIpc) is 2.81. The van der Waals surface area contributed by atoms with Crippen LogP contribution in [0.3, 0.4) is 0 Å². The molecule has 2 N–H and O–H groups in total. The van der Waals surface area contributed by atoms with Gasteiger partial charge in [-0.3, -0.25) is 19.6 Å². The summed E-state index contributed by atoms with van der Waals surface area (Å²) in [5.74, 6) is 0.0171. The number of rotatable bonds is 7. The SMILES string of the molecule is Cc1cc(O)c(C(c2cccnc2)N2CCN(CCO)CC2)c(=O)n1Cc1ccccc1. The van der Waals surface area contributed by atoms with E-state index in [9.17, 15) is 15.0 Å². The molecule has 0 radical (unpaired) electrons. The number of aliphatic hydroxyl groups is 1. The van der Waals surface area contributed by atoms with Crippen molar-refractivity contribution in [1.82, 2.24) is 19.4 Å². The Morgan fingerprint density at radius 2 is 1.81 bits per heavy atom. The largest absolute Gasteiger partial charge is 0.507 e. The highest BCUT2D eigenvalue weighted by atomic mass is 16.3. The Bertz CT molecular complexity index is 1080. The number of aromatic nitrogens is 2. The van der Waals surface area contributed by atoms with Crippen molar-refractivity contribution in [2.75, 3.05) is 39.3 Å². The van der Waals surface area contributed by atoms with Crippen LogP contribution in [0.25, 0.3) is 0 Å². The highest BCUT2D eigenvalue weighted by Gasteiger charge is 2.31. The van der Waals surface area contributed by atoms with Crippen LogP contribution < -0.4 is 5.56 Å². The van der Waals surface area contributed by atoms with Crippen molar-refractivity contribution < 1.29 is 10.2 Å². The first kappa shape index (κ1) is 22.2. The predicted molar refractivity (Wildman–Crippen MR) is 124 cm³/mol. The predicted octanol–water partition coefficient (Wildman–Crippen LogP) is 2.00. The van der Waals surface area contributed by atoms with Gasteiger partial charge in [0.25, 0.3) is 5.56 Å². The molecule has 168 valence electrons. The lowest BCUT2D eigenvalue weighted by atomic mass is 9.97. The fourth-order valence-electron chi connectivity index (χ4n) is 4.47. The molecular weight excluding hydrogens is 404 g/mol. The van der Waals surface area contributed by atoms with Gasteiger partial charge in [0.2, 0.25) is 0 Å². The Labute approximate surface area is 188 Å². The lowest BCUT2D eigenvalue weighted by molar-refractivity contribution is 0.0931. The number of aliphatic hydroxyl groups excluding tert-OH is 1. The number of piperazine rings is 1. The second kappa shape index (κ2) is 10.1. The van der Waals surface area contributed by atoms with Gasteiger partial charge < -0.3 is 14.8 Å². The van der Waals surface area contributed by atoms with Gasteiger partial charge in [-0.25, -0.2) is 0 Å². The summed E-state index contributed by atoms with van der Waals surface area (Å²) in [4.78, 5) is 22.5. The van der Waals surface area contributed by atoms with Gasteiger partial charge >= 0.3 is 0 Å². The third-order valence-electron chi connectivity index (χ3n) is 6.17. The van der Waals surface area contributed by atoms with E-state index in [4.69, 9.17) is 0 Å². The quantitative estimate of drug-likeness (QED) is 0.592. The molecule has 1 aliphatic rings. The molecule has 7 nitrogen and oxygen atoms in total. The summed E-state index contributed by atoms with van der Waals surface area (Å²) in [6, 6.07) is 15.0. The molecule has 2 aromatic heterocycles. The molecule has 1 aromatic carbocycles. The van der Waals surface area contributed by atoms with Crippen molar-refractivity contribution in [2.24, 2.45) is 0 Å². The van der Waals surface area contributed by atoms with Crippen molar-refractivity contribution >= 4 is 0 Å².